The first-order valence-corrected chi connectivity index (χ1v) is 6.83. The summed E-state index contributed by atoms with van der Waals surface area (Å²) in [5.41, 5.74) is 7.06. The molecule has 2 aromatic carbocycles. The number of hydrogen-bond donors (Lipinski definition) is 1. The fourth-order valence-corrected chi connectivity index (χ4v) is 2.25. The van der Waals surface area contributed by atoms with Gasteiger partial charge in [-0.3, -0.25) is 0 Å². The summed E-state index contributed by atoms with van der Waals surface area (Å²) in [7, 11) is 0. The van der Waals surface area contributed by atoms with Gasteiger partial charge in [0.1, 0.15) is 11.5 Å². The van der Waals surface area contributed by atoms with Crippen molar-refractivity contribution in [3.63, 3.8) is 0 Å². The molecule has 0 aliphatic carbocycles. The molecule has 0 radical (unpaired) electrons. The van der Waals surface area contributed by atoms with E-state index in [0.717, 1.165) is 17.7 Å². The topological polar surface area (TPSA) is 35.2 Å². The van der Waals surface area contributed by atoms with Crippen LogP contribution in [-0.2, 0) is 0 Å². The minimum Gasteiger partial charge on any atom is -0.457 e. The van der Waals surface area contributed by atoms with Crippen molar-refractivity contribution in [2.24, 2.45) is 5.73 Å². The van der Waals surface area contributed by atoms with Gasteiger partial charge >= 0.3 is 0 Å². The van der Waals surface area contributed by atoms with Gasteiger partial charge in [-0.2, -0.15) is 0 Å². The lowest BCUT2D eigenvalue weighted by Gasteiger charge is -2.11. The molecule has 19 heavy (non-hydrogen) atoms. The van der Waals surface area contributed by atoms with Crippen molar-refractivity contribution in [1.29, 1.82) is 0 Å². The number of benzene rings is 2. The maximum atomic E-state index is 5.96. The Kier molecular flexibility index (Phi) is 4.70. The molecule has 0 spiro atoms. The summed E-state index contributed by atoms with van der Waals surface area (Å²) in [6, 6.07) is 12.9. The summed E-state index contributed by atoms with van der Waals surface area (Å²) in [6.45, 7) is 2.06. The van der Waals surface area contributed by atoms with Crippen molar-refractivity contribution in [1.82, 2.24) is 0 Å². The molecule has 0 saturated heterocycles. The van der Waals surface area contributed by atoms with Crippen molar-refractivity contribution in [2.45, 2.75) is 19.4 Å². The third-order valence-corrected chi connectivity index (χ3v) is 3.26. The predicted molar refractivity (Wildman–Crippen MR) is 80.2 cm³/mol. The Balaban J connectivity index is 2.15. The van der Waals surface area contributed by atoms with Crippen molar-refractivity contribution in [3.05, 3.63) is 58.1 Å². The van der Waals surface area contributed by atoms with E-state index in [1.54, 1.807) is 18.2 Å². The van der Waals surface area contributed by atoms with Gasteiger partial charge < -0.3 is 10.5 Å². The molecular formula is C15H15Cl2NO. The van der Waals surface area contributed by atoms with E-state index in [-0.39, 0.29) is 6.04 Å². The molecule has 0 bridgehead atoms. The van der Waals surface area contributed by atoms with Crippen LogP contribution in [0.3, 0.4) is 0 Å². The molecule has 0 unspecified atom stereocenters. The summed E-state index contributed by atoms with van der Waals surface area (Å²) < 4.78 is 5.70. The lowest BCUT2D eigenvalue weighted by atomic mass is 10.1. The minimum absolute atomic E-state index is 0.0645. The normalized spacial score (nSPS) is 12.2. The zero-order chi connectivity index (χ0) is 13.8. The van der Waals surface area contributed by atoms with Crippen LogP contribution in [0.5, 0.6) is 11.5 Å². The van der Waals surface area contributed by atoms with Crippen molar-refractivity contribution in [2.75, 3.05) is 0 Å². The van der Waals surface area contributed by atoms with Crippen LogP contribution in [0.4, 0.5) is 0 Å². The number of ether oxygens (including phenoxy) is 1. The zero-order valence-electron chi connectivity index (χ0n) is 10.6. The monoisotopic (exact) mass is 295 g/mol. The van der Waals surface area contributed by atoms with E-state index in [1.807, 2.05) is 24.3 Å². The average Bonchev–Trinajstić information content (AvgIpc) is 2.37. The summed E-state index contributed by atoms with van der Waals surface area (Å²) in [5, 5.41) is 1.10. The lowest BCUT2D eigenvalue weighted by molar-refractivity contribution is 0.482. The van der Waals surface area contributed by atoms with E-state index in [9.17, 15) is 0 Å². The highest BCUT2D eigenvalue weighted by atomic mass is 35.5. The molecule has 2 rings (SSSR count). The quantitative estimate of drug-likeness (QED) is 0.842. The van der Waals surface area contributed by atoms with Crippen LogP contribution in [0.2, 0.25) is 10.0 Å². The van der Waals surface area contributed by atoms with Crippen molar-refractivity contribution < 1.29 is 4.74 Å². The summed E-state index contributed by atoms with van der Waals surface area (Å²) in [5.74, 6) is 1.34. The maximum absolute atomic E-state index is 5.96. The van der Waals surface area contributed by atoms with Gasteiger partial charge in [0.05, 0.1) is 0 Å². The third kappa shape index (κ3) is 3.87. The van der Waals surface area contributed by atoms with Gasteiger partial charge in [0, 0.05) is 16.1 Å². The number of rotatable bonds is 4. The van der Waals surface area contributed by atoms with Crippen LogP contribution < -0.4 is 10.5 Å². The van der Waals surface area contributed by atoms with Crippen LogP contribution in [-0.4, -0.2) is 0 Å². The highest BCUT2D eigenvalue weighted by Gasteiger charge is 2.04. The van der Waals surface area contributed by atoms with E-state index in [2.05, 4.69) is 6.92 Å². The van der Waals surface area contributed by atoms with Gasteiger partial charge in [0.25, 0.3) is 0 Å². The van der Waals surface area contributed by atoms with E-state index < -0.39 is 0 Å². The summed E-state index contributed by atoms with van der Waals surface area (Å²) in [6.07, 6.45) is 0.907. The smallest absolute Gasteiger partial charge is 0.130 e. The van der Waals surface area contributed by atoms with Gasteiger partial charge in [-0.15, -0.1) is 0 Å². The van der Waals surface area contributed by atoms with Crippen molar-refractivity contribution >= 4 is 23.2 Å². The van der Waals surface area contributed by atoms with Gasteiger partial charge in [-0.05, 0) is 42.3 Å². The molecule has 0 saturated carbocycles. The van der Waals surface area contributed by atoms with Gasteiger partial charge in [-0.25, -0.2) is 0 Å². The standard InChI is InChI=1S/C15H15Cl2NO/c1-2-15(18)10-3-5-13(6-4-10)19-14-8-11(16)7-12(17)9-14/h3-9,15H,2,18H2,1H3/t15-/m1/s1. The Morgan fingerprint density at radius 3 is 2.11 bits per heavy atom. The Morgan fingerprint density at radius 1 is 1.00 bits per heavy atom. The lowest BCUT2D eigenvalue weighted by Crippen LogP contribution is -2.07. The second-order valence-electron chi connectivity index (χ2n) is 4.29. The molecule has 0 heterocycles. The van der Waals surface area contributed by atoms with Crippen LogP contribution in [0.15, 0.2) is 42.5 Å². The van der Waals surface area contributed by atoms with Crippen LogP contribution >= 0.6 is 23.2 Å². The van der Waals surface area contributed by atoms with Crippen LogP contribution in [0.1, 0.15) is 24.9 Å². The van der Waals surface area contributed by atoms with Gasteiger partial charge in [0.2, 0.25) is 0 Å². The molecule has 0 aliphatic heterocycles. The fourth-order valence-electron chi connectivity index (χ4n) is 1.74. The molecule has 2 N–H and O–H groups in total. The maximum Gasteiger partial charge on any atom is 0.130 e. The van der Waals surface area contributed by atoms with Gasteiger partial charge in [0.15, 0.2) is 0 Å². The molecule has 4 heteroatoms. The largest absolute Gasteiger partial charge is 0.457 e. The molecule has 100 valence electrons. The first-order chi connectivity index (χ1) is 9.08. The molecule has 2 aromatic rings. The first-order valence-electron chi connectivity index (χ1n) is 6.08. The molecule has 0 aromatic heterocycles. The molecule has 0 fully saturated rings. The second kappa shape index (κ2) is 6.29. The van der Waals surface area contributed by atoms with E-state index >= 15 is 0 Å². The molecule has 2 nitrogen and oxygen atoms in total. The Labute approximate surface area is 123 Å². The molecule has 0 amide bonds. The highest BCUT2D eigenvalue weighted by molar-refractivity contribution is 6.34. The highest BCUT2D eigenvalue weighted by Crippen LogP contribution is 2.29. The van der Waals surface area contributed by atoms with Crippen LogP contribution in [0, 0.1) is 0 Å². The number of hydrogen-bond acceptors (Lipinski definition) is 2. The SMILES string of the molecule is CC[C@@H](N)c1ccc(Oc2cc(Cl)cc(Cl)c2)cc1. The average molecular weight is 296 g/mol. The minimum atomic E-state index is 0.0645. The molecular weight excluding hydrogens is 281 g/mol. The van der Waals surface area contributed by atoms with Crippen molar-refractivity contribution in [3.8, 4) is 11.5 Å². The Hall–Kier alpha value is -1.22. The third-order valence-electron chi connectivity index (χ3n) is 2.82. The predicted octanol–water partition coefficient (Wildman–Crippen LogP) is 5.20. The molecule has 0 aliphatic rings. The molecule has 1 atom stereocenters. The van der Waals surface area contributed by atoms with E-state index in [0.29, 0.717) is 15.8 Å². The summed E-state index contributed by atoms with van der Waals surface area (Å²) in [4.78, 5) is 0. The number of nitrogens with two attached hydrogens (primary N) is 1. The van der Waals surface area contributed by atoms with Gasteiger partial charge in [-0.1, -0.05) is 42.3 Å². The summed E-state index contributed by atoms with van der Waals surface area (Å²) >= 11 is 11.8. The second-order valence-corrected chi connectivity index (χ2v) is 5.16. The first kappa shape index (κ1) is 14.2. The Bertz CT molecular complexity index is 534. The Morgan fingerprint density at radius 2 is 1.58 bits per heavy atom. The van der Waals surface area contributed by atoms with Crippen LogP contribution in [0.25, 0.3) is 0 Å². The van der Waals surface area contributed by atoms with E-state index in [1.165, 1.54) is 0 Å². The number of halogens is 2. The van der Waals surface area contributed by atoms with E-state index in [4.69, 9.17) is 33.7 Å². The fraction of sp³-hybridized carbons (Fsp3) is 0.200. The zero-order valence-corrected chi connectivity index (χ0v) is 12.1.